The Labute approximate surface area is 120 Å². The van der Waals surface area contributed by atoms with Crippen molar-refractivity contribution >= 4 is 11.9 Å². The zero-order valence-electron chi connectivity index (χ0n) is 10.8. The molecule has 0 radical (unpaired) electrons. The molecule has 0 aliphatic carbocycles. The largest absolute Gasteiger partial charge is 0.504 e. The molecule has 1 aliphatic rings. The summed E-state index contributed by atoms with van der Waals surface area (Å²) in [6.07, 6.45) is 0. The Morgan fingerprint density at radius 3 is 2.14 bits per heavy atom. The lowest BCUT2D eigenvalue weighted by Crippen LogP contribution is -2.44. The topological polar surface area (TPSA) is 98.7 Å². The van der Waals surface area contributed by atoms with E-state index >= 15 is 0 Å². The minimum Gasteiger partial charge on any atom is -0.504 e. The summed E-state index contributed by atoms with van der Waals surface area (Å²) >= 11 is 0. The summed E-state index contributed by atoms with van der Waals surface area (Å²) in [7, 11) is 0. The summed E-state index contributed by atoms with van der Waals surface area (Å²) in [5.74, 6) is -1.20. The predicted octanol–water partition coefficient (Wildman–Crippen LogP) is 1.18. The molecule has 21 heavy (non-hydrogen) atoms. The quantitative estimate of drug-likeness (QED) is 0.491. The minimum absolute atomic E-state index is 0.299. The standard InChI is InChI=1S/C15H12N2O4/c18-11-7-6-10(8-12(11)19)15(9-4-2-1-3-5-9)13(20)16-14(21)17-15/h1-8,18-19H,(H2,16,17,20,21). The van der Waals surface area contributed by atoms with Gasteiger partial charge in [0, 0.05) is 0 Å². The number of carbonyl (C=O) groups excluding carboxylic acids is 2. The number of benzene rings is 2. The van der Waals surface area contributed by atoms with E-state index in [0.717, 1.165) is 0 Å². The first kappa shape index (κ1) is 13.0. The summed E-state index contributed by atoms with van der Waals surface area (Å²) < 4.78 is 0. The van der Waals surface area contributed by atoms with Crippen molar-refractivity contribution in [2.24, 2.45) is 0 Å². The number of hydrogen-bond donors (Lipinski definition) is 4. The Balaban J connectivity index is 2.24. The van der Waals surface area contributed by atoms with Crippen molar-refractivity contribution in [2.45, 2.75) is 5.54 Å². The third kappa shape index (κ3) is 1.88. The van der Waals surface area contributed by atoms with Crippen LogP contribution in [0, 0.1) is 0 Å². The van der Waals surface area contributed by atoms with Crippen LogP contribution in [0.5, 0.6) is 11.5 Å². The molecule has 1 fully saturated rings. The van der Waals surface area contributed by atoms with Crippen LogP contribution in [-0.4, -0.2) is 22.2 Å². The van der Waals surface area contributed by atoms with E-state index in [-0.39, 0.29) is 11.5 Å². The van der Waals surface area contributed by atoms with Gasteiger partial charge in [-0.3, -0.25) is 10.1 Å². The summed E-state index contributed by atoms with van der Waals surface area (Å²) in [6.45, 7) is 0. The highest BCUT2D eigenvalue weighted by Gasteiger charge is 2.49. The molecule has 3 rings (SSSR count). The van der Waals surface area contributed by atoms with E-state index < -0.39 is 17.5 Å². The number of phenolic OH excluding ortho intramolecular Hbond substituents is 2. The van der Waals surface area contributed by atoms with Gasteiger partial charge in [0.05, 0.1) is 0 Å². The van der Waals surface area contributed by atoms with Crippen molar-refractivity contribution in [3.05, 3.63) is 59.7 Å². The van der Waals surface area contributed by atoms with Crippen LogP contribution in [0.4, 0.5) is 4.79 Å². The number of imide groups is 1. The van der Waals surface area contributed by atoms with Crippen LogP contribution < -0.4 is 10.6 Å². The van der Waals surface area contributed by atoms with Crippen molar-refractivity contribution in [2.75, 3.05) is 0 Å². The average Bonchev–Trinajstić information content (AvgIpc) is 2.78. The molecule has 4 N–H and O–H groups in total. The molecule has 0 spiro atoms. The number of hydrogen-bond acceptors (Lipinski definition) is 4. The molecule has 106 valence electrons. The van der Waals surface area contributed by atoms with E-state index in [9.17, 15) is 19.8 Å². The lowest BCUT2D eigenvalue weighted by atomic mass is 9.83. The highest BCUT2D eigenvalue weighted by molar-refractivity contribution is 6.09. The van der Waals surface area contributed by atoms with Gasteiger partial charge >= 0.3 is 6.03 Å². The van der Waals surface area contributed by atoms with E-state index in [0.29, 0.717) is 11.1 Å². The number of urea groups is 1. The lowest BCUT2D eigenvalue weighted by Gasteiger charge is -2.27. The number of rotatable bonds is 2. The van der Waals surface area contributed by atoms with Crippen molar-refractivity contribution in [1.82, 2.24) is 10.6 Å². The first-order valence-corrected chi connectivity index (χ1v) is 6.25. The average molecular weight is 284 g/mol. The van der Waals surface area contributed by atoms with Crippen molar-refractivity contribution < 1.29 is 19.8 Å². The van der Waals surface area contributed by atoms with Crippen LogP contribution in [0.25, 0.3) is 0 Å². The van der Waals surface area contributed by atoms with Gasteiger partial charge in [0.25, 0.3) is 5.91 Å². The van der Waals surface area contributed by atoms with Gasteiger partial charge in [-0.25, -0.2) is 4.79 Å². The van der Waals surface area contributed by atoms with Gasteiger partial charge in [0.1, 0.15) is 0 Å². The summed E-state index contributed by atoms with van der Waals surface area (Å²) in [4.78, 5) is 24.0. The molecule has 1 saturated heterocycles. The molecular weight excluding hydrogens is 272 g/mol. The first-order chi connectivity index (χ1) is 10.0. The fourth-order valence-corrected chi connectivity index (χ4v) is 2.47. The molecular formula is C15H12N2O4. The Hall–Kier alpha value is -3.02. The summed E-state index contributed by atoms with van der Waals surface area (Å²) in [5, 5.41) is 23.9. The van der Waals surface area contributed by atoms with Crippen molar-refractivity contribution in [3.8, 4) is 11.5 Å². The second-order valence-corrected chi connectivity index (χ2v) is 4.73. The molecule has 1 heterocycles. The fourth-order valence-electron chi connectivity index (χ4n) is 2.47. The smallest absolute Gasteiger partial charge is 0.322 e. The molecule has 0 bridgehead atoms. The highest BCUT2D eigenvalue weighted by atomic mass is 16.3. The summed E-state index contributed by atoms with van der Waals surface area (Å²) in [5.41, 5.74) is -0.519. The SMILES string of the molecule is O=C1NC(=O)C(c2ccccc2)(c2ccc(O)c(O)c2)N1. The van der Waals surface area contributed by atoms with Crippen molar-refractivity contribution in [1.29, 1.82) is 0 Å². The maximum absolute atomic E-state index is 12.4. The zero-order valence-corrected chi connectivity index (χ0v) is 10.8. The van der Waals surface area contributed by atoms with Crippen LogP contribution in [0.3, 0.4) is 0 Å². The van der Waals surface area contributed by atoms with Crippen LogP contribution in [-0.2, 0) is 10.3 Å². The van der Waals surface area contributed by atoms with Gasteiger partial charge in [0.15, 0.2) is 17.0 Å². The monoisotopic (exact) mass is 284 g/mol. The number of phenols is 2. The fraction of sp³-hybridized carbons (Fsp3) is 0.0667. The van der Waals surface area contributed by atoms with E-state index in [4.69, 9.17) is 0 Å². The minimum atomic E-state index is -1.43. The molecule has 6 nitrogen and oxygen atoms in total. The molecule has 1 aliphatic heterocycles. The van der Waals surface area contributed by atoms with Gasteiger partial charge in [-0.2, -0.15) is 0 Å². The van der Waals surface area contributed by atoms with E-state index in [1.807, 2.05) is 0 Å². The molecule has 1 atom stereocenters. The predicted molar refractivity (Wildman–Crippen MR) is 73.7 cm³/mol. The van der Waals surface area contributed by atoms with Crippen molar-refractivity contribution in [3.63, 3.8) is 0 Å². The third-order valence-electron chi connectivity index (χ3n) is 3.48. The Morgan fingerprint density at radius 2 is 1.57 bits per heavy atom. The summed E-state index contributed by atoms with van der Waals surface area (Å²) in [6, 6.07) is 12.1. The highest BCUT2D eigenvalue weighted by Crippen LogP contribution is 2.36. The zero-order chi connectivity index (χ0) is 15.0. The Kier molecular flexibility index (Phi) is 2.79. The maximum Gasteiger partial charge on any atom is 0.322 e. The molecule has 2 aromatic rings. The normalized spacial score (nSPS) is 21.0. The number of aromatic hydroxyl groups is 2. The van der Waals surface area contributed by atoms with Gasteiger partial charge in [0.2, 0.25) is 0 Å². The molecule has 0 aromatic heterocycles. The van der Waals surface area contributed by atoms with E-state index in [1.165, 1.54) is 18.2 Å². The number of carbonyl (C=O) groups is 2. The van der Waals surface area contributed by atoms with Crippen LogP contribution in [0.2, 0.25) is 0 Å². The second kappa shape index (κ2) is 4.52. The van der Waals surface area contributed by atoms with Gasteiger partial charge in [-0.05, 0) is 23.3 Å². The van der Waals surface area contributed by atoms with Gasteiger partial charge < -0.3 is 15.5 Å². The Bertz CT molecular complexity index is 730. The number of nitrogens with one attached hydrogen (secondary N) is 2. The van der Waals surface area contributed by atoms with Crippen LogP contribution in [0.15, 0.2) is 48.5 Å². The van der Waals surface area contributed by atoms with Gasteiger partial charge in [-0.1, -0.05) is 36.4 Å². The lowest BCUT2D eigenvalue weighted by molar-refractivity contribution is -0.122. The first-order valence-electron chi connectivity index (χ1n) is 6.25. The van der Waals surface area contributed by atoms with Crippen LogP contribution in [0.1, 0.15) is 11.1 Å². The van der Waals surface area contributed by atoms with E-state index in [2.05, 4.69) is 10.6 Å². The van der Waals surface area contributed by atoms with Gasteiger partial charge in [-0.15, -0.1) is 0 Å². The van der Waals surface area contributed by atoms with E-state index in [1.54, 1.807) is 30.3 Å². The second-order valence-electron chi connectivity index (χ2n) is 4.73. The van der Waals surface area contributed by atoms with Crippen LogP contribution >= 0.6 is 0 Å². The molecule has 3 amide bonds. The molecule has 0 saturated carbocycles. The Morgan fingerprint density at radius 1 is 0.857 bits per heavy atom. The maximum atomic E-state index is 12.4. The number of amides is 3. The third-order valence-corrected chi connectivity index (χ3v) is 3.48. The molecule has 2 aromatic carbocycles. The molecule has 6 heteroatoms. The molecule has 1 unspecified atom stereocenters.